The van der Waals surface area contributed by atoms with Gasteiger partial charge < -0.3 is 5.32 Å². The van der Waals surface area contributed by atoms with Gasteiger partial charge in [0.1, 0.15) is 0 Å². The highest BCUT2D eigenvalue weighted by atomic mass is 79.9. The Kier molecular flexibility index (Phi) is 4.36. The number of benzene rings is 1. The first-order valence-electron chi connectivity index (χ1n) is 6.88. The first-order chi connectivity index (χ1) is 9.33. The van der Waals surface area contributed by atoms with Crippen molar-refractivity contribution in [3.63, 3.8) is 0 Å². The number of rotatable bonds is 4. The first kappa shape index (κ1) is 13.3. The van der Waals surface area contributed by atoms with Crippen molar-refractivity contribution in [2.75, 3.05) is 6.54 Å². The van der Waals surface area contributed by atoms with Gasteiger partial charge in [-0.25, -0.2) is 0 Å². The molecule has 1 aliphatic rings. The Morgan fingerprint density at radius 1 is 1.21 bits per heavy atom. The highest BCUT2D eigenvalue weighted by molar-refractivity contribution is 9.11. The van der Waals surface area contributed by atoms with Gasteiger partial charge in [-0.15, -0.1) is 11.3 Å². The van der Waals surface area contributed by atoms with Crippen LogP contribution in [-0.2, 0) is 12.8 Å². The van der Waals surface area contributed by atoms with Crippen LogP contribution in [0.2, 0.25) is 0 Å². The van der Waals surface area contributed by atoms with Gasteiger partial charge in [-0.05, 0) is 64.9 Å². The van der Waals surface area contributed by atoms with E-state index in [4.69, 9.17) is 0 Å². The summed E-state index contributed by atoms with van der Waals surface area (Å²) in [4.78, 5) is 1.45. The van der Waals surface area contributed by atoms with Gasteiger partial charge in [0, 0.05) is 17.5 Å². The van der Waals surface area contributed by atoms with Crippen LogP contribution in [0.25, 0.3) is 0 Å². The van der Waals surface area contributed by atoms with Crippen molar-refractivity contribution in [2.45, 2.75) is 31.7 Å². The molecule has 1 N–H and O–H groups in total. The van der Waals surface area contributed by atoms with Crippen LogP contribution in [-0.4, -0.2) is 6.54 Å². The molecule has 0 saturated carbocycles. The lowest BCUT2D eigenvalue weighted by Crippen LogP contribution is -2.26. The highest BCUT2D eigenvalue weighted by Gasteiger charge is 2.18. The largest absolute Gasteiger partial charge is 0.310 e. The molecule has 0 aliphatic heterocycles. The summed E-state index contributed by atoms with van der Waals surface area (Å²) < 4.78 is 1.23. The van der Waals surface area contributed by atoms with Crippen LogP contribution in [0, 0.1) is 0 Å². The molecule has 1 aromatic heterocycles. The van der Waals surface area contributed by atoms with Crippen molar-refractivity contribution in [3.8, 4) is 0 Å². The van der Waals surface area contributed by atoms with E-state index in [0.29, 0.717) is 6.04 Å². The quantitative estimate of drug-likeness (QED) is 0.852. The van der Waals surface area contributed by atoms with E-state index in [0.717, 1.165) is 13.0 Å². The zero-order valence-electron chi connectivity index (χ0n) is 10.9. The Hall–Kier alpha value is -0.640. The van der Waals surface area contributed by atoms with E-state index in [-0.39, 0.29) is 0 Å². The maximum absolute atomic E-state index is 3.73. The third-order valence-corrected chi connectivity index (χ3v) is 5.44. The van der Waals surface area contributed by atoms with Crippen molar-refractivity contribution in [1.29, 1.82) is 0 Å². The van der Waals surface area contributed by atoms with Gasteiger partial charge in [-0.2, -0.15) is 0 Å². The molecule has 0 radical (unpaired) electrons. The predicted octanol–water partition coefficient (Wildman–Crippen LogP) is 4.72. The van der Waals surface area contributed by atoms with Crippen molar-refractivity contribution in [2.24, 2.45) is 0 Å². The summed E-state index contributed by atoms with van der Waals surface area (Å²) in [6, 6.07) is 13.8. The average molecular weight is 336 g/mol. The maximum atomic E-state index is 3.73. The number of hydrogen-bond acceptors (Lipinski definition) is 2. The molecule has 0 amide bonds. The predicted molar refractivity (Wildman–Crippen MR) is 85.8 cm³/mol. The summed E-state index contributed by atoms with van der Waals surface area (Å²) in [5.41, 5.74) is 3.05. The zero-order valence-corrected chi connectivity index (χ0v) is 13.3. The lowest BCUT2D eigenvalue weighted by atomic mass is 9.88. The summed E-state index contributed by atoms with van der Waals surface area (Å²) in [6.07, 6.45) is 4.94. The van der Waals surface area contributed by atoms with E-state index in [1.54, 1.807) is 0 Å². The summed E-state index contributed by atoms with van der Waals surface area (Å²) in [7, 11) is 0. The second-order valence-electron chi connectivity index (χ2n) is 5.05. The van der Waals surface area contributed by atoms with Crippen LogP contribution in [0.5, 0.6) is 0 Å². The second-order valence-corrected chi connectivity index (χ2v) is 7.60. The zero-order chi connectivity index (χ0) is 13.1. The van der Waals surface area contributed by atoms with E-state index in [1.807, 2.05) is 11.3 Å². The fraction of sp³-hybridized carbons (Fsp3) is 0.375. The first-order valence-corrected chi connectivity index (χ1v) is 8.49. The van der Waals surface area contributed by atoms with Gasteiger partial charge in [0.25, 0.3) is 0 Å². The third-order valence-electron chi connectivity index (χ3n) is 3.76. The lowest BCUT2D eigenvalue weighted by Gasteiger charge is -2.26. The lowest BCUT2D eigenvalue weighted by molar-refractivity contribution is 0.463. The molecule has 100 valence electrons. The SMILES string of the molecule is Brc1ccc(CCNC2CCCc3ccccc32)s1. The monoisotopic (exact) mass is 335 g/mol. The van der Waals surface area contributed by atoms with E-state index in [2.05, 4.69) is 57.6 Å². The van der Waals surface area contributed by atoms with Gasteiger partial charge >= 0.3 is 0 Å². The van der Waals surface area contributed by atoms with Gasteiger partial charge in [0.15, 0.2) is 0 Å². The number of fused-ring (bicyclic) bond motifs is 1. The van der Waals surface area contributed by atoms with Crippen molar-refractivity contribution in [1.82, 2.24) is 5.32 Å². The second kappa shape index (κ2) is 6.21. The maximum Gasteiger partial charge on any atom is 0.0701 e. The van der Waals surface area contributed by atoms with Crippen LogP contribution in [0.15, 0.2) is 40.2 Å². The van der Waals surface area contributed by atoms with Crippen LogP contribution in [0.3, 0.4) is 0 Å². The van der Waals surface area contributed by atoms with Gasteiger partial charge in [-0.1, -0.05) is 24.3 Å². The Labute approximate surface area is 127 Å². The molecule has 19 heavy (non-hydrogen) atoms. The Balaban J connectivity index is 1.59. The topological polar surface area (TPSA) is 12.0 Å². The molecule has 0 saturated heterocycles. The minimum atomic E-state index is 0.549. The summed E-state index contributed by atoms with van der Waals surface area (Å²) in [5, 5.41) is 3.73. The molecule has 1 nitrogen and oxygen atoms in total. The fourth-order valence-electron chi connectivity index (χ4n) is 2.82. The molecule has 1 aromatic carbocycles. The van der Waals surface area contributed by atoms with Crippen LogP contribution < -0.4 is 5.32 Å². The Morgan fingerprint density at radius 2 is 2.11 bits per heavy atom. The number of halogens is 1. The van der Waals surface area contributed by atoms with Gasteiger partial charge in [0.2, 0.25) is 0 Å². The Morgan fingerprint density at radius 3 is 2.95 bits per heavy atom. The molecule has 3 rings (SSSR count). The summed E-state index contributed by atoms with van der Waals surface area (Å²) in [5.74, 6) is 0. The van der Waals surface area contributed by atoms with Crippen molar-refractivity contribution in [3.05, 3.63) is 56.2 Å². The number of nitrogens with one attached hydrogen (secondary N) is 1. The molecular weight excluding hydrogens is 318 g/mol. The molecule has 0 spiro atoms. The number of aryl methyl sites for hydroxylation is 1. The van der Waals surface area contributed by atoms with E-state index in [9.17, 15) is 0 Å². The van der Waals surface area contributed by atoms with Crippen LogP contribution in [0.1, 0.15) is 34.9 Å². The van der Waals surface area contributed by atoms with Crippen molar-refractivity contribution < 1.29 is 0 Å². The van der Waals surface area contributed by atoms with Crippen LogP contribution >= 0.6 is 27.3 Å². The molecule has 3 heteroatoms. The number of hydrogen-bond donors (Lipinski definition) is 1. The molecular formula is C16H18BrNS. The summed E-state index contributed by atoms with van der Waals surface area (Å²) >= 11 is 5.36. The average Bonchev–Trinajstić information content (AvgIpc) is 2.85. The molecule has 1 aliphatic carbocycles. The molecule has 0 fully saturated rings. The Bertz CT molecular complexity index is 549. The number of thiophene rings is 1. The third kappa shape index (κ3) is 3.28. The normalized spacial score (nSPS) is 18.3. The highest BCUT2D eigenvalue weighted by Crippen LogP contribution is 2.29. The van der Waals surface area contributed by atoms with Gasteiger partial charge in [0.05, 0.1) is 3.79 Å². The smallest absolute Gasteiger partial charge is 0.0701 e. The minimum absolute atomic E-state index is 0.549. The molecule has 1 unspecified atom stereocenters. The van der Waals surface area contributed by atoms with Gasteiger partial charge in [-0.3, -0.25) is 0 Å². The fourth-order valence-corrected chi connectivity index (χ4v) is 4.30. The van der Waals surface area contributed by atoms with Crippen molar-refractivity contribution >= 4 is 27.3 Å². The van der Waals surface area contributed by atoms with E-state index >= 15 is 0 Å². The molecule has 0 bridgehead atoms. The molecule has 2 aromatic rings. The van der Waals surface area contributed by atoms with E-state index < -0.39 is 0 Å². The molecule has 1 heterocycles. The standard InChI is InChI=1S/C16H18BrNS/c17-16-9-8-13(19-16)10-11-18-15-7-3-5-12-4-1-2-6-14(12)15/h1-2,4,6,8-9,15,18H,3,5,7,10-11H2. The van der Waals surface area contributed by atoms with E-state index in [1.165, 1.54) is 39.1 Å². The van der Waals surface area contributed by atoms with Crippen LogP contribution in [0.4, 0.5) is 0 Å². The molecule has 1 atom stereocenters. The minimum Gasteiger partial charge on any atom is -0.310 e. The summed E-state index contributed by atoms with van der Waals surface area (Å²) in [6.45, 7) is 1.06.